The third-order valence-corrected chi connectivity index (χ3v) is 8.52. The molecule has 0 radical (unpaired) electrons. The molecule has 0 saturated carbocycles. The molecule has 49 heavy (non-hydrogen) atoms. The summed E-state index contributed by atoms with van der Waals surface area (Å²) in [7, 11) is 0. The van der Waals surface area contributed by atoms with E-state index in [4.69, 9.17) is 16.6 Å². The molecular formula is C44H33N5. The zero-order valence-corrected chi connectivity index (χ0v) is 26.7. The van der Waals surface area contributed by atoms with Crippen molar-refractivity contribution in [2.75, 3.05) is 5.73 Å². The largest absolute Gasteiger partial charge is 0.399 e. The van der Waals surface area contributed by atoms with Gasteiger partial charge in [0.05, 0.1) is 11.4 Å². The van der Waals surface area contributed by atoms with Gasteiger partial charge in [-0.05, 0) is 122 Å². The van der Waals surface area contributed by atoms with Crippen molar-refractivity contribution in [1.29, 1.82) is 10.8 Å². The molecule has 1 aliphatic rings. The van der Waals surface area contributed by atoms with Crippen molar-refractivity contribution in [3.05, 3.63) is 188 Å². The van der Waals surface area contributed by atoms with E-state index >= 15 is 0 Å². The molecular weight excluding hydrogens is 599 g/mol. The summed E-state index contributed by atoms with van der Waals surface area (Å²) in [6, 6.07) is 47.0. The van der Waals surface area contributed by atoms with E-state index in [2.05, 4.69) is 76.7 Å². The zero-order valence-electron chi connectivity index (χ0n) is 26.7. The fourth-order valence-corrected chi connectivity index (χ4v) is 6.05. The third kappa shape index (κ3) is 6.87. The van der Waals surface area contributed by atoms with Gasteiger partial charge in [0.15, 0.2) is 0 Å². The van der Waals surface area contributed by atoms with Gasteiger partial charge in [0.25, 0.3) is 0 Å². The lowest BCUT2D eigenvalue weighted by atomic mass is 9.86. The molecule has 5 aromatic carbocycles. The molecule has 0 saturated heterocycles. The minimum absolute atomic E-state index is 0.209. The number of fused-ring (bicyclic) bond motifs is 1. The first kappa shape index (κ1) is 30.9. The molecule has 5 nitrogen and oxygen atoms in total. The number of benzene rings is 5. The van der Waals surface area contributed by atoms with Gasteiger partial charge in [0.2, 0.25) is 0 Å². The van der Waals surface area contributed by atoms with Crippen LogP contribution in [0.15, 0.2) is 176 Å². The van der Waals surface area contributed by atoms with Crippen LogP contribution in [0.5, 0.6) is 0 Å². The molecule has 4 N–H and O–H groups in total. The Balaban J connectivity index is 0.000000186. The van der Waals surface area contributed by atoms with Gasteiger partial charge >= 0.3 is 0 Å². The molecule has 0 fully saturated rings. The second-order valence-corrected chi connectivity index (χ2v) is 11.7. The van der Waals surface area contributed by atoms with Crippen molar-refractivity contribution in [1.82, 2.24) is 9.97 Å². The van der Waals surface area contributed by atoms with Crippen LogP contribution in [0.2, 0.25) is 0 Å². The Morgan fingerprint density at radius 1 is 0.449 bits per heavy atom. The minimum atomic E-state index is 0.209. The molecule has 0 amide bonds. The number of nitrogen functional groups attached to an aromatic ring is 1. The number of rotatable bonds is 5. The van der Waals surface area contributed by atoms with Gasteiger partial charge in [0, 0.05) is 36.0 Å². The molecule has 2 heterocycles. The summed E-state index contributed by atoms with van der Waals surface area (Å²) in [6.45, 7) is 0. The quantitative estimate of drug-likeness (QED) is 0.130. The van der Waals surface area contributed by atoms with E-state index in [1.165, 1.54) is 21.9 Å². The summed E-state index contributed by atoms with van der Waals surface area (Å²) >= 11 is 0. The fourth-order valence-electron chi connectivity index (χ4n) is 6.05. The lowest BCUT2D eigenvalue weighted by Crippen LogP contribution is -2.15. The number of nitrogens with zero attached hydrogens (tertiary/aromatic N) is 2. The van der Waals surface area contributed by atoms with E-state index in [-0.39, 0.29) is 11.4 Å². The number of hydrogen-bond donors (Lipinski definition) is 3. The van der Waals surface area contributed by atoms with Crippen molar-refractivity contribution in [3.8, 4) is 33.4 Å². The van der Waals surface area contributed by atoms with E-state index in [1.807, 2.05) is 78.9 Å². The molecule has 0 bridgehead atoms. The first-order chi connectivity index (χ1) is 24.0. The van der Waals surface area contributed by atoms with Gasteiger partial charge in [-0.2, -0.15) is 0 Å². The maximum absolute atomic E-state index is 8.54. The number of hydrogen-bond acceptors (Lipinski definition) is 5. The fraction of sp³-hybridized carbons (Fsp3) is 0. The van der Waals surface area contributed by atoms with E-state index in [0.717, 1.165) is 50.2 Å². The molecule has 1 aliphatic carbocycles. The van der Waals surface area contributed by atoms with Gasteiger partial charge in [-0.3, -0.25) is 20.8 Å². The Bertz CT molecular complexity index is 2370. The van der Waals surface area contributed by atoms with Crippen LogP contribution in [0.4, 0.5) is 5.69 Å². The van der Waals surface area contributed by atoms with Crippen LogP contribution in [-0.2, 0) is 0 Å². The lowest BCUT2D eigenvalue weighted by molar-refractivity contribution is 1.33. The highest BCUT2D eigenvalue weighted by Crippen LogP contribution is 2.32. The zero-order chi connectivity index (χ0) is 33.6. The van der Waals surface area contributed by atoms with Crippen LogP contribution < -0.4 is 5.73 Å². The van der Waals surface area contributed by atoms with Crippen molar-refractivity contribution >= 4 is 39.0 Å². The molecule has 2 aromatic heterocycles. The topological polar surface area (TPSA) is 99.5 Å². The van der Waals surface area contributed by atoms with Gasteiger partial charge in [-0.15, -0.1) is 0 Å². The van der Waals surface area contributed by atoms with E-state index < -0.39 is 0 Å². The van der Waals surface area contributed by atoms with E-state index in [1.54, 1.807) is 30.9 Å². The highest BCUT2D eigenvalue weighted by atomic mass is 14.6. The van der Waals surface area contributed by atoms with Crippen LogP contribution in [0.3, 0.4) is 0 Å². The van der Waals surface area contributed by atoms with Crippen molar-refractivity contribution < 1.29 is 0 Å². The summed E-state index contributed by atoms with van der Waals surface area (Å²) in [5.41, 5.74) is 17.4. The number of aromatic nitrogens is 2. The highest BCUT2D eigenvalue weighted by Gasteiger charge is 2.19. The van der Waals surface area contributed by atoms with Gasteiger partial charge < -0.3 is 5.73 Å². The van der Waals surface area contributed by atoms with E-state index in [0.29, 0.717) is 0 Å². The molecule has 0 unspecified atom stereocenters. The summed E-state index contributed by atoms with van der Waals surface area (Å²) in [4.78, 5) is 8.19. The predicted molar refractivity (Wildman–Crippen MR) is 205 cm³/mol. The molecule has 0 aliphatic heterocycles. The summed E-state index contributed by atoms with van der Waals surface area (Å²) in [6.07, 6.45) is 10.9. The first-order valence-electron chi connectivity index (χ1n) is 16.0. The van der Waals surface area contributed by atoms with Crippen LogP contribution in [0.1, 0.15) is 11.1 Å². The van der Waals surface area contributed by atoms with Gasteiger partial charge in [0.1, 0.15) is 0 Å². The van der Waals surface area contributed by atoms with E-state index in [9.17, 15) is 0 Å². The Kier molecular flexibility index (Phi) is 8.80. The summed E-state index contributed by atoms with van der Waals surface area (Å²) in [5, 5.41) is 19.5. The number of nitrogens with two attached hydrogens (primary N) is 1. The van der Waals surface area contributed by atoms with Crippen LogP contribution in [0.25, 0.3) is 55.3 Å². The Hall–Kier alpha value is -6.72. The Morgan fingerprint density at radius 2 is 1.00 bits per heavy atom. The minimum Gasteiger partial charge on any atom is -0.399 e. The lowest BCUT2D eigenvalue weighted by Gasteiger charge is -2.18. The average Bonchev–Trinajstić information content (AvgIpc) is 3.17. The van der Waals surface area contributed by atoms with Crippen LogP contribution in [-0.4, -0.2) is 21.4 Å². The molecule has 0 atom stereocenters. The summed E-state index contributed by atoms with van der Waals surface area (Å²) < 4.78 is 0. The maximum Gasteiger partial charge on any atom is 0.0867 e. The third-order valence-electron chi connectivity index (χ3n) is 8.52. The number of nitrogens with one attached hydrogen (secondary N) is 2. The Morgan fingerprint density at radius 3 is 1.69 bits per heavy atom. The number of pyridine rings is 2. The SMILES string of the molecule is N=C1C=C(c2cccc(-c3ccncc3)c2)C=C(c2cccc(-c3ccncc3)c2)C1=N.Nc1cccc(-c2cccc3ccccc23)c1. The van der Waals surface area contributed by atoms with Crippen LogP contribution >= 0.6 is 0 Å². The summed E-state index contributed by atoms with van der Waals surface area (Å²) in [5.74, 6) is 0. The second kappa shape index (κ2) is 14.0. The molecule has 8 rings (SSSR count). The average molecular weight is 632 g/mol. The van der Waals surface area contributed by atoms with Crippen LogP contribution in [0, 0.1) is 10.8 Å². The molecule has 5 heteroatoms. The molecule has 234 valence electrons. The molecule has 0 spiro atoms. The van der Waals surface area contributed by atoms with Gasteiger partial charge in [-0.1, -0.05) is 91.0 Å². The second-order valence-electron chi connectivity index (χ2n) is 11.7. The maximum atomic E-state index is 8.54. The Labute approximate surface area is 285 Å². The smallest absolute Gasteiger partial charge is 0.0867 e. The monoisotopic (exact) mass is 631 g/mol. The standard InChI is InChI=1S/C28H20N4.C16H13N/c29-27-18-25(23-5-1-3-21(15-23)19-7-11-31-12-8-19)17-26(28(27)30)24-6-2-4-22(16-24)20-9-13-32-14-10-20;17-14-8-3-7-13(11-14)16-10-4-6-12-5-1-2-9-15(12)16/h1-18,29-30H;1-11H,17H2. The predicted octanol–water partition coefficient (Wildman–Crippen LogP) is 10.4. The normalized spacial score (nSPS) is 12.5. The van der Waals surface area contributed by atoms with Crippen molar-refractivity contribution in [2.45, 2.75) is 0 Å². The first-order valence-corrected chi connectivity index (χ1v) is 16.0. The molecule has 7 aromatic rings. The number of anilines is 1. The van der Waals surface area contributed by atoms with Gasteiger partial charge in [-0.25, -0.2) is 0 Å². The van der Waals surface area contributed by atoms with Crippen molar-refractivity contribution in [3.63, 3.8) is 0 Å². The number of allylic oxidation sites excluding steroid dienone is 4. The highest BCUT2D eigenvalue weighted by molar-refractivity contribution is 6.61. The van der Waals surface area contributed by atoms with Crippen molar-refractivity contribution in [2.24, 2.45) is 0 Å².